The van der Waals surface area contributed by atoms with Crippen LogP contribution < -0.4 is 4.40 Å². The van der Waals surface area contributed by atoms with Gasteiger partial charge in [0.15, 0.2) is 0 Å². The average molecular weight is 458 g/mol. The van der Waals surface area contributed by atoms with Gasteiger partial charge in [-0.05, 0) is 0 Å². The van der Waals surface area contributed by atoms with E-state index in [1.807, 2.05) is 48.5 Å². The Kier molecular flexibility index (Phi) is 3.95. The first-order valence-corrected chi connectivity index (χ1v) is 17.4. The Balaban J connectivity index is 1.90. The molecule has 30 heavy (non-hydrogen) atoms. The van der Waals surface area contributed by atoms with Gasteiger partial charge in [-0.15, -0.1) is 0 Å². The van der Waals surface area contributed by atoms with Crippen molar-refractivity contribution in [2.24, 2.45) is 0 Å². The van der Waals surface area contributed by atoms with Gasteiger partial charge in [0.25, 0.3) is 0 Å². The Morgan fingerprint density at radius 3 is 2.03 bits per heavy atom. The fourth-order valence-electron chi connectivity index (χ4n) is 3.57. The first-order chi connectivity index (χ1) is 16.7. The van der Waals surface area contributed by atoms with E-state index in [2.05, 4.69) is 34.4 Å². The second-order valence-corrected chi connectivity index (χ2v) is 19.2. The number of aromatic nitrogens is 1. The molecule has 0 N–H and O–H groups in total. The van der Waals surface area contributed by atoms with E-state index in [1.165, 1.54) is 10.6 Å². The SMILES string of the molecule is [2H]C([2H])([2H])c1cnc(-c2ccccc2)cc1-c1ccc(-c2cc[c]([Ge]([CH3])([CH3])[CH3])cc2)cc1C([2H])([2H])[2H]. The van der Waals surface area contributed by atoms with E-state index >= 15 is 0 Å². The normalized spacial score (nSPS) is 15.3. The van der Waals surface area contributed by atoms with Crippen LogP contribution in [0.4, 0.5) is 0 Å². The van der Waals surface area contributed by atoms with E-state index in [1.54, 1.807) is 18.2 Å². The summed E-state index contributed by atoms with van der Waals surface area (Å²) in [5.41, 5.74) is 4.01. The third kappa shape index (κ3) is 4.27. The molecule has 4 aromatic rings. The number of nitrogens with zero attached hydrogens (tertiary/aromatic N) is 1. The number of hydrogen-bond acceptors (Lipinski definition) is 1. The van der Waals surface area contributed by atoms with E-state index in [-0.39, 0.29) is 11.1 Å². The van der Waals surface area contributed by atoms with Gasteiger partial charge in [-0.25, -0.2) is 0 Å². The van der Waals surface area contributed by atoms with Crippen LogP contribution in [0.1, 0.15) is 19.4 Å². The number of hydrogen-bond donors (Lipinski definition) is 0. The van der Waals surface area contributed by atoms with Gasteiger partial charge in [0.2, 0.25) is 0 Å². The maximum atomic E-state index is 8.27. The van der Waals surface area contributed by atoms with Crippen LogP contribution in [-0.2, 0) is 0 Å². The number of rotatable bonds is 4. The zero-order chi connectivity index (χ0) is 26.3. The average Bonchev–Trinajstić information content (AvgIpc) is 2.82. The minimum atomic E-state index is -2.45. The van der Waals surface area contributed by atoms with Crippen LogP contribution in [0.25, 0.3) is 33.5 Å². The predicted molar refractivity (Wildman–Crippen MR) is 133 cm³/mol. The van der Waals surface area contributed by atoms with Crippen molar-refractivity contribution in [2.45, 2.75) is 31.0 Å². The fourth-order valence-corrected chi connectivity index (χ4v) is 6.01. The first-order valence-electron chi connectivity index (χ1n) is 13.1. The maximum absolute atomic E-state index is 8.27. The van der Waals surface area contributed by atoms with Gasteiger partial charge in [-0.3, -0.25) is 0 Å². The summed E-state index contributed by atoms with van der Waals surface area (Å²) in [6.45, 7) is -4.88. The molecular weight excluding hydrogens is 423 g/mol. The van der Waals surface area contributed by atoms with Gasteiger partial charge in [0.05, 0.1) is 0 Å². The molecule has 3 aromatic carbocycles. The molecule has 1 aromatic heterocycles. The number of aryl methyl sites for hydroxylation is 2. The van der Waals surface area contributed by atoms with Gasteiger partial charge >= 0.3 is 161 Å². The second kappa shape index (κ2) is 8.24. The van der Waals surface area contributed by atoms with Gasteiger partial charge in [0.1, 0.15) is 0 Å². The van der Waals surface area contributed by atoms with E-state index < -0.39 is 27.0 Å². The summed E-state index contributed by atoms with van der Waals surface area (Å²) in [5, 5.41) is 0. The molecule has 0 atom stereocenters. The molecule has 0 radical (unpaired) electrons. The fraction of sp³-hybridized carbons (Fsp3) is 0.179. The van der Waals surface area contributed by atoms with Crippen molar-refractivity contribution in [1.29, 1.82) is 0 Å². The molecule has 0 fully saturated rings. The minimum absolute atomic E-state index is 0.0293. The van der Waals surface area contributed by atoms with E-state index in [9.17, 15) is 0 Å². The summed E-state index contributed by atoms with van der Waals surface area (Å²) in [6.07, 6.45) is 1.35. The van der Waals surface area contributed by atoms with Gasteiger partial charge in [0, 0.05) is 0 Å². The predicted octanol–water partition coefficient (Wildman–Crippen LogP) is 7.24. The molecule has 2 heteroatoms. The van der Waals surface area contributed by atoms with E-state index in [0.717, 1.165) is 16.7 Å². The molecule has 0 saturated heterocycles. The van der Waals surface area contributed by atoms with Crippen LogP contribution >= 0.6 is 0 Å². The standard InChI is InChI=1S/C28H29GeN/c1-20-17-24(22-11-14-25(15-12-22)29(3,4)5)13-16-26(20)27-18-28(30-19-21(27)2)23-9-7-6-8-10-23/h6-19H,1-5H3/i1D3,2D3. The van der Waals surface area contributed by atoms with Gasteiger partial charge in [-0.1, -0.05) is 30.3 Å². The first kappa shape index (κ1) is 14.4. The van der Waals surface area contributed by atoms with E-state index in [4.69, 9.17) is 8.22 Å². The molecule has 0 aliphatic heterocycles. The van der Waals surface area contributed by atoms with Gasteiger partial charge < -0.3 is 0 Å². The van der Waals surface area contributed by atoms with Crippen molar-refractivity contribution in [3.05, 3.63) is 96.2 Å². The Morgan fingerprint density at radius 2 is 1.37 bits per heavy atom. The molecule has 0 aliphatic carbocycles. The van der Waals surface area contributed by atoms with Crippen molar-refractivity contribution < 1.29 is 8.22 Å². The van der Waals surface area contributed by atoms with Crippen LogP contribution in [0.5, 0.6) is 0 Å². The second-order valence-electron chi connectivity index (χ2n) is 8.57. The number of pyridine rings is 1. The van der Waals surface area contributed by atoms with Crippen LogP contribution in [0.3, 0.4) is 0 Å². The molecule has 150 valence electrons. The van der Waals surface area contributed by atoms with Crippen molar-refractivity contribution in [1.82, 2.24) is 4.98 Å². The Labute approximate surface area is 191 Å². The van der Waals surface area contributed by atoms with Gasteiger partial charge in [-0.2, -0.15) is 0 Å². The van der Waals surface area contributed by atoms with E-state index in [0.29, 0.717) is 16.8 Å². The molecule has 0 saturated carbocycles. The summed E-state index contributed by atoms with van der Waals surface area (Å²) >= 11 is -1.97. The number of benzene rings is 3. The summed E-state index contributed by atoms with van der Waals surface area (Å²) in [5.74, 6) is 6.99. The molecule has 0 aliphatic rings. The quantitative estimate of drug-likeness (QED) is 0.294. The van der Waals surface area contributed by atoms with Crippen molar-refractivity contribution >= 4 is 17.7 Å². The molecule has 4 rings (SSSR count). The molecule has 1 nitrogen and oxygen atoms in total. The Bertz CT molecular complexity index is 1370. The molecule has 0 unspecified atom stereocenters. The molecule has 1 heterocycles. The Morgan fingerprint density at radius 1 is 0.667 bits per heavy atom. The summed E-state index contributed by atoms with van der Waals surface area (Å²) in [4.78, 5) is 4.39. The van der Waals surface area contributed by atoms with Crippen LogP contribution in [0.15, 0.2) is 85.1 Å². The van der Waals surface area contributed by atoms with Crippen LogP contribution in [0.2, 0.25) is 17.3 Å². The molecular formula is C28H29GeN. The molecule has 0 amide bonds. The van der Waals surface area contributed by atoms with Crippen LogP contribution in [-0.4, -0.2) is 18.3 Å². The van der Waals surface area contributed by atoms with Crippen molar-refractivity contribution in [2.75, 3.05) is 0 Å². The van der Waals surface area contributed by atoms with Crippen molar-refractivity contribution in [3.63, 3.8) is 0 Å². The summed E-state index contributed by atoms with van der Waals surface area (Å²) in [6, 6.07) is 24.7. The summed E-state index contributed by atoms with van der Waals surface area (Å²) in [7, 11) is 0. The third-order valence-corrected chi connectivity index (χ3v) is 9.70. The monoisotopic (exact) mass is 459 g/mol. The topological polar surface area (TPSA) is 12.9 Å². The Hall–Kier alpha value is -2.65. The zero-order valence-electron chi connectivity index (χ0n) is 23.5. The van der Waals surface area contributed by atoms with Crippen molar-refractivity contribution in [3.8, 4) is 33.5 Å². The molecule has 0 bridgehead atoms. The summed E-state index contributed by atoms with van der Waals surface area (Å²) < 4.78 is 50.4. The molecule has 0 spiro atoms. The third-order valence-electron chi connectivity index (χ3n) is 5.37. The van der Waals surface area contributed by atoms with Crippen LogP contribution in [0, 0.1) is 13.7 Å². The zero-order valence-corrected chi connectivity index (χ0v) is 19.6.